The van der Waals surface area contributed by atoms with Crippen LogP contribution in [0, 0.1) is 0 Å². The van der Waals surface area contributed by atoms with Gasteiger partial charge in [0.2, 0.25) is 0 Å². The van der Waals surface area contributed by atoms with Crippen molar-refractivity contribution in [2.45, 2.75) is 20.3 Å². The first-order valence-corrected chi connectivity index (χ1v) is 9.12. The fourth-order valence-electron chi connectivity index (χ4n) is 3.05. The summed E-state index contributed by atoms with van der Waals surface area (Å²) < 4.78 is 9.98. The average Bonchev–Trinajstić information content (AvgIpc) is 2.73. The largest absolute Gasteiger partial charge is 0.465 e. The molecule has 6 nitrogen and oxygen atoms in total. The van der Waals surface area contributed by atoms with Crippen molar-refractivity contribution in [1.82, 2.24) is 4.98 Å². The second kappa shape index (κ2) is 8.52. The molecule has 0 amide bonds. The minimum absolute atomic E-state index is 0.267. The molecule has 3 aromatic rings. The van der Waals surface area contributed by atoms with Crippen LogP contribution in [0.2, 0.25) is 0 Å². The first-order chi connectivity index (χ1) is 13.6. The molecule has 2 aromatic carbocycles. The number of para-hydroxylation sites is 1. The van der Waals surface area contributed by atoms with Crippen LogP contribution < -0.4 is 5.32 Å². The Morgan fingerprint density at radius 2 is 1.86 bits per heavy atom. The predicted molar refractivity (Wildman–Crippen MR) is 108 cm³/mol. The number of aryl methyl sites for hydroxylation is 1. The molecule has 0 atom stereocenters. The fraction of sp³-hybridized carbons (Fsp3) is 0.227. The molecule has 0 bridgehead atoms. The van der Waals surface area contributed by atoms with E-state index in [9.17, 15) is 9.59 Å². The predicted octanol–water partition coefficient (Wildman–Crippen LogP) is 4.50. The number of nitrogens with zero attached hydrogens (tertiary/aromatic N) is 1. The highest BCUT2D eigenvalue weighted by Gasteiger charge is 2.18. The summed E-state index contributed by atoms with van der Waals surface area (Å²) in [7, 11) is 1.34. The molecule has 0 fully saturated rings. The van der Waals surface area contributed by atoms with Gasteiger partial charge in [-0.05, 0) is 37.1 Å². The van der Waals surface area contributed by atoms with Crippen LogP contribution in [0.15, 0.2) is 48.7 Å². The summed E-state index contributed by atoms with van der Waals surface area (Å²) in [6.45, 7) is 4.08. The molecule has 0 aliphatic carbocycles. The van der Waals surface area contributed by atoms with Crippen molar-refractivity contribution < 1.29 is 19.1 Å². The van der Waals surface area contributed by atoms with E-state index in [4.69, 9.17) is 9.47 Å². The molecule has 144 valence electrons. The van der Waals surface area contributed by atoms with Gasteiger partial charge >= 0.3 is 11.9 Å². The Morgan fingerprint density at radius 1 is 1.07 bits per heavy atom. The number of carbonyl (C=O) groups excluding carboxylic acids is 2. The minimum atomic E-state index is -0.453. The molecule has 0 aliphatic rings. The topological polar surface area (TPSA) is 77.5 Å². The van der Waals surface area contributed by atoms with Gasteiger partial charge in [0.1, 0.15) is 5.56 Å². The molecule has 0 spiro atoms. The Morgan fingerprint density at radius 3 is 2.57 bits per heavy atom. The van der Waals surface area contributed by atoms with Gasteiger partial charge in [-0.2, -0.15) is 0 Å². The molecule has 0 saturated heterocycles. The number of carbonyl (C=O) groups is 2. The lowest BCUT2D eigenvalue weighted by Crippen LogP contribution is -2.10. The third-order valence-electron chi connectivity index (χ3n) is 4.41. The maximum atomic E-state index is 12.5. The second-order valence-corrected chi connectivity index (χ2v) is 6.13. The molecule has 6 heteroatoms. The Bertz CT molecular complexity index is 1030. The van der Waals surface area contributed by atoms with Crippen molar-refractivity contribution in [1.29, 1.82) is 0 Å². The summed E-state index contributed by atoms with van der Waals surface area (Å²) >= 11 is 0. The Balaban J connectivity index is 2.15. The van der Waals surface area contributed by atoms with Crippen molar-refractivity contribution in [3.8, 4) is 0 Å². The molecule has 3 rings (SSSR count). The standard InChI is InChI=1S/C22H22N2O4/c1-4-14-8-7-11-17-19(14)23-13-18(22(26)28-5-2)20(17)24-16-10-6-9-15(12-16)21(25)27-3/h6-13H,4-5H2,1-3H3,(H,23,24). The van der Waals surface area contributed by atoms with Crippen LogP contribution in [0.3, 0.4) is 0 Å². The lowest BCUT2D eigenvalue weighted by atomic mass is 10.0. The number of esters is 2. The van der Waals surface area contributed by atoms with Gasteiger partial charge < -0.3 is 14.8 Å². The molecule has 1 heterocycles. The number of anilines is 2. The lowest BCUT2D eigenvalue weighted by Gasteiger charge is -2.16. The molecule has 0 aliphatic heterocycles. The van der Waals surface area contributed by atoms with E-state index in [1.807, 2.05) is 24.3 Å². The van der Waals surface area contributed by atoms with Crippen molar-refractivity contribution in [2.24, 2.45) is 0 Å². The van der Waals surface area contributed by atoms with E-state index in [2.05, 4.69) is 17.2 Å². The van der Waals surface area contributed by atoms with Crippen LogP contribution in [0.5, 0.6) is 0 Å². The zero-order valence-corrected chi connectivity index (χ0v) is 16.1. The molecule has 0 saturated carbocycles. The number of pyridine rings is 1. The number of methoxy groups -OCH3 is 1. The highest BCUT2D eigenvalue weighted by atomic mass is 16.5. The number of hydrogen-bond donors (Lipinski definition) is 1. The summed E-state index contributed by atoms with van der Waals surface area (Å²) in [6, 6.07) is 12.8. The Hall–Kier alpha value is -3.41. The third kappa shape index (κ3) is 3.81. The van der Waals surface area contributed by atoms with Crippen LogP contribution in [-0.4, -0.2) is 30.6 Å². The average molecular weight is 378 g/mol. The van der Waals surface area contributed by atoms with Gasteiger partial charge in [-0.15, -0.1) is 0 Å². The highest BCUT2D eigenvalue weighted by Crippen LogP contribution is 2.31. The van der Waals surface area contributed by atoms with Crippen molar-refractivity contribution >= 4 is 34.2 Å². The number of nitrogens with one attached hydrogen (secondary N) is 1. The van der Waals surface area contributed by atoms with E-state index >= 15 is 0 Å². The molecular weight excluding hydrogens is 356 g/mol. The molecule has 1 N–H and O–H groups in total. The molecule has 28 heavy (non-hydrogen) atoms. The van der Waals surface area contributed by atoms with Gasteiger partial charge in [-0.1, -0.05) is 31.2 Å². The summed E-state index contributed by atoms with van der Waals surface area (Å²) in [6.07, 6.45) is 2.35. The molecular formula is C22H22N2O4. The zero-order valence-electron chi connectivity index (χ0n) is 16.1. The van der Waals surface area contributed by atoms with E-state index in [0.29, 0.717) is 22.5 Å². The Kier molecular flexibility index (Phi) is 5.89. The van der Waals surface area contributed by atoms with E-state index in [1.165, 1.54) is 13.3 Å². The van der Waals surface area contributed by atoms with Crippen LogP contribution in [0.4, 0.5) is 11.4 Å². The minimum Gasteiger partial charge on any atom is -0.465 e. The molecule has 1 aromatic heterocycles. The Labute approximate surface area is 163 Å². The summed E-state index contributed by atoms with van der Waals surface area (Å²) in [5.74, 6) is -0.882. The van der Waals surface area contributed by atoms with E-state index < -0.39 is 11.9 Å². The van der Waals surface area contributed by atoms with Crippen LogP contribution in [0.1, 0.15) is 40.1 Å². The first-order valence-electron chi connectivity index (χ1n) is 9.12. The van der Waals surface area contributed by atoms with Gasteiger partial charge in [-0.3, -0.25) is 4.98 Å². The fourth-order valence-corrected chi connectivity index (χ4v) is 3.05. The number of aromatic nitrogens is 1. The van der Waals surface area contributed by atoms with Crippen LogP contribution >= 0.6 is 0 Å². The van der Waals surface area contributed by atoms with Crippen molar-refractivity contribution in [3.05, 3.63) is 65.4 Å². The van der Waals surface area contributed by atoms with Gasteiger partial charge in [-0.25, -0.2) is 9.59 Å². The monoisotopic (exact) mass is 378 g/mol. The van der Waals surface area contributed by atoms with Crippen molar-refractivity contribution in [3.63, 3.8) is 0 Å². The number of ether oxygens (including phenoxy) is 2. The summed E-state index contributed by atoms with van der Waals surface area (Å²) in [4.78, 5) is 28.8. The third-order valence-corrected chi connectivity index (χ3v) is 4.41. The number of fused-ring (bicyclic) bond motifs is 1. The van der Waals surface area contributed by atoms with Crippen LogP contribution in [0.25, 0.3) is 10.9 Å². The smallest absolute Gasteiger partial charge is 0.341 e. The lowest BCUT2D eigenvalue weighted by molar-refractivity contribution is 0.0526. The van der Waals surface area contributed by atoms with Crippen molar-refractivity contribution in [2.75, 3.05) is 19.0 Å². The molecule has 0 unspecified atom stereocenters. The van der Waals surface area contributed by atoms with Gasteiger partial charge in [0.05, 0.1) is 30.5 Å². The normalized spacial score (nSPS) is 10.5. The summed E-state index contributed by atoms with van der Waals surface area (Å²) in [5.41, 5.74) is 3.91. The number of rotatable bonds is 6. The van der Waals surface area contributed by atoms with Crippen LogP contribution in [-0.2, 0) is 15.9 Å². The SMILES string of the molecule is CCOC(=O)c1cnc2c(CC)cccc2c1Nc1cccc(C(=O)OC)c1. The zero-order chi connectivity index (χ0) is 20.1. The highest BCUT2D eigenvalue weighted by molar-refractivity contribution is 6.06. The van der Waals surface area contributed by atoms with Gasteiger partial charge in [0.15, 0.2) is 0 Å². The maximum Gasteiger partial charge on any atom is 0.341 e. The van der Waals surface area contributed by atoms with E-state index in [0.717, 1.165) is 22.9 Å². The maximum absolute atomic E-state index is 12.5. The van der Waals surface area contributed by atoms with E-state index in [1.54, 1.807) is 25.1 Å². The summed E-state index contributed by atoms with van der Waals surface area (Å²) in [5, 5.41) is 4.09. The number of benzene rings is 2. The van der Waals surface area contributed by atoms with Gasteiger partial charge in [0.25, 0.3) is 0 Å². The quantitative estimate of drug-likeness (QED) is 0.636. The number of hydrogen-bond acceptors (Lipinski definition) is 6. The van der Waals surface area contributed by atoms with E-state index in [-0.39, 0.29) is 6.61 Å². The second-order valence-electron chi connectivity index (χ2n) is 6.13. The van der Waals surface area contributed by atoms with Gasteiger partial charge in [0, 0.05) is 17.3 Å². The first kappa shape index (κ1) is 19.4. The molecule has 0 radical (unpaired) electrons.